The highest BCUT2D eigenvalue weighted by Gasteiger charge is 2.05. The van der Waals surface area contributed by atoms with Crippen LogP contribution in [0.1, 0.15) is 38.7 Å². The van der Waals surface area contributed by atoms with Crippen molar-refractivity contribution in [3.8, 4) is 0 Å². The molecule has 1 aromatic rings. The summed E-state index contributed by atoms with van der Waals surface area (Å²) in [6.45, 7) is 4.56. The van der Waals surface area contributed by atoms with Crippen LogP contribution < -0.4 is 5.32 Å². The van der Waals surface area contributed by atoms with Gasteiger partial charge in [0.15, 0.2) is 0 Å². The highest BCUT2D eigenvalue weighted by molar-refractivity contribution is 5.43. The molecular formula is C14H23N. The topological polar surface area (TPSA) is 12.0 Å². The van der Waals surface area contributed by atoms with E-state index in [1.807, 2.05) is 7.05 Å². The molecule has 1 aromatic carbocycles. The van der Waals surface area contributed by atoms with Crippen LogP contribution in [0.2, 0.25) is 0 Å². The van der Waals surface area contributed by atoms with E-state index in [2.05, 4.69) is 43.4 Å². The van der Waals surface area contributed by atoms with Gasteiger partial charge in [-0.1, -0.05) is 45.2 Å². The highest BCUT2D eigenvalue weighted by atomic mass is 14.8. The molecule has 84 valence electrons. The second kappa shape index (κ2) is 6.49. The van der Waals surface area contributed by atoms with Gasteiger partial charge in [-0.05, 0) is 30.0 Å². The molecule has 0 aliphatic heterocycles. The fourth-order valence-corrected chi connectivity index (χ4v) is 2.00. The number of hydrogen-bond donors (Lipinski definition) is 1. The van der Waals surface area contributed by atoms with Crippen molar-refractivity contribution in [3.05, 3.63) is 29.8 Å². The smallest absolute Gasteiger partial charge is 0.0337 e. The minimum Gasteiger partial charge on any atom is -0.388 e. The summed E-state index contributed by atoms with van der Waals surface area (Å²) in [7, 11) is 1.96. The molecule has 1 atom stereocenters. The van der Waals surface area contributed by atoms with Crippen LogP contribution in [-0.4, -0.2) is 7.05 Å². The lowest BCUT2D eigenvalue weighted by molar-refractivity contribution is 0.462. The van der Waals surface area contributed by atoms with Crippen LogP contribution in [0.4, 0.5) is 5.69 Å². The van der Waals surface area contributed by atoms with Gasteiger partial charge in [0.25, 0.3) is 0 Å². The minimum absolute atomic E-state index is 0.857. The molecule has 1 N–H and O–H groups in total. The molecule has 0 spiro atoms. The van der Waals surface area contributed by atoms with Gasteiger partial charge in [0.05, 0.1) is 0 Å². The molecule has 0 saturated carbocycles. The number of anilines is 1. The lowest BCUT2D eigenvalue weighted by Crippen LogP contribution is -2.02. The lowest BCUT2D eigenvalue weighted by atomic mass is 9.93. The Balaban J connectivity index is 2.55. The van der Waals surface area contributed by atoms with E-state index >= 15 is 0 Å². The molecule has 0 saturated heterocycles. The first-order valence-electron chi connectivity index (χ1n) is 6.06. The van der Waals surface area contributed by atoms with Crippen molar-refractivity contribution in [2.75, 3.05) is 12.4 Å². The quantitative estimate of drug-likeness (QED) is 0.737. The lowest BCUT2D eigenvalue weighted by Gasteiger charge is -2.13. The van der Waals surface area contributed by atoms with Crippen molar-refractivity contribution in [1.82, 2.24) is 0 Å². The van der Waals surface area contributed by atoms with Crippen molar-refractivity contribution >= 4 is 5.69 Å². The second-order valence-electron chi connectivity index (χ2n) is 4.21. The third kappa shape index (κ3) is 3.94. The molecule has 0 aromatic heterocycles. The summed E-state index contributed by atoms with van der Waals surface area (Å²) in [5.41, 5.74) is 2.66. The van der Waals surface area contributed by atoms with Crippen molar-refractivity contribution in [1.29, 1.82) is 0 Å². The van der Waals surface area contributed by atoms with Crippen LogP contribution in [0.5, 0.6) is 0 Å². The molecule has 0 heterocycles. The molecule has 1 nitrogen and oxygen atoms in total. The van der Waals surface area contributed by atoms with Gasteiger partial charge in [-0.2, -0.15) is 0 Å². The minimum atomic E-state index is 0.857. The standard InChI is InChI=1S/C14H23N/c1-4-6-12(5-2)11-13-7-9-14(15-3)10-8-13/h7-10,12,15H,4-6,11H2,1-3H3. The number of rotatable bonds is 6. The van der Waals surface area contributed by atoms with E-state index in [1.54, 1.807) is 0 Å². The van der Waals surface area contributed by atoms with E-state index in [9.17, 15) is 0 Å². The van der Waals surface area contributed by atoms with Gasteiger partial charge in [-0.15, -0.1) is 0 Å². The van der Waals surface area contributed by atoms with Crippen molar-refractivity contribution in [2.45, 2.75) is 39.5 Å². The van der Waals surface area contributed by atoms with E-state index < -0.39 is 0 Å². The zero-order chi connectivity index (χ0) is 11.1. The van der Waals surface area contributed by atoms with Crippen LogP contribution in [0.15, 0.2) is 24.3 Å². The normalized spacial score (nSPS) is 12.5. The van der Waals surface area contributed by atoms with Gasteiger partial charge in [0, 0.05) is 12.7 Å². The monoisotopic (exact) mass is 205 g/mol. The Morgan fingerprint density at radius 1 is 1.13 bits per heavy atom. The summed E-state index contributed by atoms with van der Waals surface area (Å²) in [4.78, 5) is 0. The fraction of sp³-hybridized carbons (Fsp3) is 0.571. The van der Waals surface area contributed by atoms with E-state index in [-0.39, 0.29) is 0 Å². The molecule has 1 unspecified atom stereocenters. The van der Waals surface area contributed by atoms with Crippen LogP contribution >= 0.6 is 0 Å². The Labute approximate surface area is 93.9 Å². The number of benzene rings is 1. The molecule has 0 fully saturated rings. The molecule has 0 aliphatic carbocycles. The Morgan fingerprint density at radius 3 is 2.27 bits per heavy atom. The van der Waals surface area contributed by atoms with Gasteiger partial charge < -0.3 is 5.32 Å². The average Bonchev–Trinajstić information content (AvgIpc) is 2.29. The predicted molar refractivity (Wildman–Crippen MR) is 68.4 cm³/mol. The largest absolute Gasteiger partial charge is 0.388 e. The first kappa shape index (κ1) is 12.1. The predicted octanol–water partition coefficient (Wildman–Crippen LogP) is 4.10. The molecule has 1 heteroatoms. The van der Waals surface area contributed by atoms with Crippen molar-refractivity contribution < 1.29 is 0 Å². The Hall–Kier alpha value is -0.980. The van der Waals surface area contributed by atoms with E-state index in [1.165, 1.54) is 36.9 Å². The van der Waals surface area contributed by atoms with Gasteiger partial charge in [0.1, 0.15) is 0 Å². The third-order valence-electron chi connectivity index (χ3n) is 3.04. The van der Waals surface area contributed by atoms with Crippen LogP contribution in [0, 0.1) is 5.92 Å². The Morgan fingerprint density at radius 2 is 1.80 bits per heavy atom. The van der Waals surface area contributed by atoms with E-state index in [0.717, 1.165) is 5.92 Å². The maximum Gasteiger partial charge on any atom is 0.0337 e. The van der Waals surface area contributed by atoms with Crippen molar-refractivity contribution in [2.24, 2.45) is 5.92 Å². The summed E-state index contributed by atoms with van der Waals surface area (Å²) >= 11 is 0. The van der Waals surface area contributed by atoms with Crippen molar-refractivity contribution in [3.63, 3.8) is 0 Å². The second-order valence-corrected chi connectivity index (χ2v) is 4.21. The zero-order valence-electron chi connectivity index (χ0n) is 10.2. The maximum atomic E-state index is 3.15. The first-order valence-corrected chi connectivity index (χ1v) is 6.06. The molecular weight excluding hydrogens is 182 g/mol. The van der Waals surface area contributed by atoms with Gasteiger partial charge >= 0.3 is 0 Å². The molecule has 15 heavy (non-hydrogen) atoms. The SMILES string of the molecule is CCCC(CC)Cc1ccc(NC)cc1. The average molecular weight is 205 g/mol. The molecule has 1 rings (SSSR count). The van der Waals surface area contributed by atoms with Gasteiger partial charge in [0.2, 0.25) is 0 Å². The highest BCUT2D eigenvalue weighted by Crippen LogP contribution is 2.18. The maximum absolute atomic E-state index is 3.15. The molecule has 0 bridgehead atoms. The van der Waals surface area contributed by atoms with E-state index in [4.69, 9.17) is 0 Å². The van der Waals surface area contributed by atoms with Gasteiger partial charge in [-0.25, -0.2) is 0 Å². The Bertz CT molecular complexity index is 263. The van der Waals surface area contributed by atoms with E-state index in [0.29, 0.717) is 0 Å². The summed E-state index contributed by atoms with van der Waals surface area (Å²) in [6, 6.07) is 8.80. The number of hydrogen-bond acceptors (Lipinski definition) is 1. The van der Waals surface area contributed by atoms with Crippen LogP contribution in [0.3, 0.4) is 0 Å². The zero-order valence-corrected chi connectivity index (χ0v) is 10.2. The Kier molecular flexibility index (Phi) is 5.23. The van der Waals surface area contributed by atoms with Crippen LogP contribution in [-0.2, 0) is 6.42 Å². The summed E-state index contributed by atoms with van der Waals surface area (Å²) in [5.74, 6) is 0.857. The number of nitrogens with one attached hydrogen (secondary N) is 1. The molecule has 0 amide bonds. The summed E-state index contributed by atoms with van der Waals surface area (Å²) < 4.78 is 0. The first-order chi connectivity index (χ1) is 7.30. The molecule has 0 radical (unpaired) electrons. The fourth-order valence-electron chi connectivity index (χ4n) is 2.00. The van der Waals surface area contributed by atoms with Crippen LogP contribution in [0.25, 0.3) is 0 Å². The van der Waals surface area contributed by atoms with Gasteiger partial charge in [-0.3, -0.25) is 0 Å². The summed E-state index contributed by atoms with van der Waals surface area (Å²) in [5, 5.41) is 3.15. The summed E-state index contributed by atoms with van der Waals surface area (Å²) in [6.07, 6.45) is 5.17. The molecule has 0 aliphatic rings. The third-order valence-corrected chi connectivity index (χ3v) is 3.04.